The van der Waals surface area contributed by atoms with Crippen LogP contribution in [0.15, 0.2) is 18.2 Å². The van der Waals surface area contributed by atoms with Gasteiger partial charge >= 0.3 is 0 Å². The van der Waals surface area contributed by atoms with Gasteiger partial charge in [-0.2, -0.15) is 0 Å². The molecule has 0 bridgehead atoms. The standard InChI is InChI=1S/C22H37N3O3/c1-17(2)6-7-18(3)23-22(26)16-25-12-10-24(11-13-25)15-19-8-9-20(27-4)21(14-19)28-5/h8-9,14,17-18H,6-7,10-13,15-16H2,1-5H3,(H,23,26)/p+2/t18-/m1/s1. The summed E-state index contributed by atoms with van der Waals surface area (Å²) in [7, 11) is 3.33. The SMILES string of the molecule is COc1ccc(C[NH+]2CC[NH+](CC(=O)N[C@H](C)CCC(C)C)CC2)cc1OC. The number of quaternary nitrogens is 2. The van der Waals surface area contributed by atoms with Gasteiger partial charge in [0.25, 0.3) is 5.91 Å². The monoisotopic (exact) mass is 393 g/mol. The number of amides is 1. The molecule has 0 saturated carbocycles. The number of rotatable bonds is 10. The van der Waals surface area contributed by atoms with E-state index in [1.54, 1.807) is 19.1 Å². The molecule has 2 rings (SSSR count). The highest BCUT2D eigenvalue weighted by molar-refractivity contribution is 5.77. The van der Waals surface area contributed by atoms with Gasteiger partial charge in [-0.1, -0.05) is 13.8 Å². The number of hydrogen-bond donors (Lipinski definition) is 3. The van der Waals surface area contributed by atoms with Crippen molar-refractivity contribution in [3.8, 4) is 11.5 Å². The fraction of sp³-hybridized carbons (Fsp3) is 0.682. The van der Waals surface area contributed by atoms with Crippen LogP contribution in [0.5, 0.6) is 11.5 Å². The van der Waals surface area contributed by atoms with E-state index in [-0.39, 0.29) is 11.9 Å². The Bertz CT molecular complexity index is 613. The minimum Gasteiger partial charge on any atom is -0.493 e. The van der Waals surface area contributed by atoms with Crippen LogP contribution in [-0.4, -0.2) is 58.9 Å². The Morgan fingerprint density at radius 2 is 1.64 bits per heavy atom. The van der Waals surface area contributed by atoms with Crippen LogP contribution in [0.2, 0.25) is 0 Å². The second-order valence-corrected chi connectivity index (χ2v) is 8.48. The third kappa shape index (κ3) is 7.32. The maximum Gasteiger partial charge on any atom is 0.275 e. The van der Waals surface area contributed by atoms with Crippen molar-refractivity contribution in [2.24, 2.45) is 5.92 Å². The number of benzene rings is 1. The molecular weight excluding hydrogens is 354 g/mol. The molecule has 1 aliphatic rings. The summed E-state index contributed by atoms with van der Waals surface area (Å²) in [4.78, 5) is 15.3. The minimum atomic E-state index is 0.189. The maximum atomic E-state index is 12.3. The van der Waals surface area contributed by atoms with E-state index in [1.165, 1.54) is 10.5 Å². The molecule has 1 aliphatic heterocycles. The topological polar surface area (TPSA) is 56.4 Å². The molecule has 0 radical (unpaired) electrons. The molecule has 1 amide bonds. The van der Waals surface area contributed by atoms with Crippen molar-refractivity contribution in [2.45, 2.75) is 46.2 Å². The molecule has 1 aromatic carbocycles. The zero-order valence-corrected chi connectivity index (χ0v) is 18.3. The zero-order valence-electron chi connectivity index (χ0n) is 18.3. The van der Waals surface area contributed by atoms with E-state index in [0.717, 1.165) is 57.1 Å². The van der Waals surface area contributed by atoms with Gasteiger partial charge in [-0.25, -0.2) is 0 Å². The Morgan fingerprint density at radius 1 is 1.00 bits per heavy atom. The van der Waals surface area contributed by atoms with Crippen LogP contribution in [0, 0.1) is 5.92 Å². The molecule has 1 atom stereocenters. The predicted molar refractivity (Wildman–Crippen MR) is 111 cm³/mol. The lowest BCUT2D eigenvalue weighted by molar-refractivity contribution is -1.02. The Balaban J connectivity index is 1.73. The van der Waals surface area contributed by atoms with Crippen molar-refractivity contribution in [3.63, 3.8) is 0 Å². The van der Waals surface area contributed by atoms with Gasteiger partial charge in [0.15, 0.2) is 18.0 Å². The first kappa shape index (κ1) is 22.5. The summed E-state index contributed by atoms with van der Waals surface area (Å²) in [6, 6.07) is 6.42. The molecule has 1 saturated heterocycles. The highest BCUT2D eigenvalue weighted by Gasteiger charge is 2.25. The minimum absolute atomic E-state index is 0.189. The largest absolute Gasteiger partial charge is 0.493 e. The van der Waals surface area contributed by atoms with Crippen LogP contribution in [0.25, 0.3) is 0 Å². The first-order valence-electron chi connectivity index (χ1n) is 10.6. The molecule has 0 unspecified atom stereocenters. The normalized spacial score (nSPS) is 20.6. The van der Waals surface area contributed by atoms with Crippen LogP contribution < -0.4 is 24.6 Å². The smallest absolute Gasteiger partial charge is 0.275 e. The van der Waals surface area contributed by atoms with E-state index in [2.05, 4.69) is 38.2 Å². The fourth-order valence-corrected chi connectivity index (χ4v) is 3.80. The Morgan fingerprint density at radius 3 is 2.25 bits per heavy atom. The van der Waals surface area contributed by atoms with Crippen LogP contribution in [0.1, 0.15) is 39.2 Å². The molecule has 0 spiro atoms. The first-order chi connectivity index (χ1) is 13.4. The maximum absolute atomic E-state index is 12.3. The second-order valence-electron chi connectivity index (χ2n) is 8.48. The van der Waals surface area contributed by atoms with Crippen LogP contribution >= 0.6 is 0 Å². The van der Waals surface area contributed by atoms with Gasteiger partial charge in [-0.05, 0) is 43.9 Å². The molecule has 1 heterocycles. The molecule has 1 aromatic rings. The number of ether oxygens (including phenoxy) is 2. The van der Waals surface area contributed by atoms with E-state index in [4.69, 9.17) is 9.47 Å². The first-order valence-corrected chi connectivity index (χ1v) is 10.6. The third-order valence-electron chi connectivity index (χ3n) is 5.56. The second kappa shape index (κ2) is 11.3. The Kier molecular flexibility index (Phi) is 9.06. The summed E-state index contributed by atoms with van der Waals surface area (Å²) in [6.07, 6.45) is 2.22. The summed E-state index contributed by atoms with van der Waals surface area (Å²) in [5.74, 6) is 2.43. The molecule has 28 heavy (non-hydrogen) atoms. The number of methoxy groups -OCH3 is 2. The van der Waals surface area contributed by atoms with Crippen LogP contribution in [-0.2, 0) is 11.3 Å². The Hall–Kier alpha value is -1.79. The lowest BCUT2D eigenvalue weighted by Crippen LogP contribution is -3.28. The van der Waals surface area contributed by atoms with Crippen molar-refractivity contribution >= 4 is 5.91 Å². The third-order valence-corrected chi connectivity index (χ3v) is 5.56. The zero-order chi connectivity index (χ0) is 20.5. The van der Waals surface area contributed by atoms with Crippen molar-refractivity contribution in [3.05, 3.63) is 23.8 Å². The van der Waals surface area contributed by atoms with Gasteiger partial charge in [0.05, 0.1) is 14.2 Å². The van der Waals surface area contributed by atoms with Gasteiger partial charge in [0, 0.05) is 11.6 Å². The van der Waals surface area contributed by atoms with Crippen LogP contribution in [0.4, 0.5) is 0 Å². The molecule has 0 aliphatic carbocycles. The number of piperazine rings is 1. The quantitative estimate of drug-likeness (QED) is 0.522. The molecular formula is C22H39N3O3+2. The molecule has 158 valence electrons. The Labute approximate surface area is 170 Å². The van der Waals surface area contributed by atoms with Crippen molar-refractivity contribution in [2.75, 3.05) is 46.9 Å². The fourth-order valence-electron chi connectivity index (χ4n) is 3.80. The van der Waals surface area contributed by atoms with Gasteiger partial charge in [-0.3, -0.25) is 4.79 Å². The van der Waals surface area contributed by atoms with Gasteiger partial charge in [-0.15, -0.1) is 0 Å². The summed E-state index contributed by atoms with van der Waals surface area (Å²) in [5.41, 5.74) is 1.26. The average molecular weight is 394 g/mol. The van der Waals surface area contributed by atoms with Gasteiger partial charge in [0.1, 0.15) is 32.7 Å². The summed E-state index contributed by atoms with van der Waals surface area (Å²) >= 11 is 0. The van der Waals surface area contributed by atoms with E-state index in [1.807, 2.05) is 6.07 Å². The number of hydrogen-bond acceptors (Lipinski definition) is 3. The number of carbonyl (C=O) groups is 1. The molecule has 0 aromatic heterocycles. The lowest BCUT2D eigenvalue weighted by Gasteiger charge is -2.29. The van der Waals surface area contributed by atoms with E-state index >= 15 is 0 Å². The lowest BCUT2D eigenvalue weighted by atomic mass is 10.0. The van der Waals surface area contributed by atoms with E-state index < -0.39 is 0 Å². The highest BCUT2D eigenvalue weighted by Crippen LogP contribution is 2.27. The summed E-state index contributed by atoms with van der Waals surface area (Å²) < 4.78 is 10.7. The van der Waals surface area contributed by atoms with Gasteiger partial charge < -0.3 is 24.6 Å². The molecule has 6 nitrogen and oxygen atoms in total. The average Bonchev–Trinajstić information content (AvgIpc) is 2.67. The molecule has 3 N–H and O–H groups in total. The molecule has 1 fully saturated rings. The predicted octanol–water partition coefficient (Wildman–Crippen LogP) is -0.0719. The van der Waals surface area contributed by atoms with E-state index in [0.29, 0.717) is 12.5 Å². The summed E-state index contributed by atoms with van der Waals surface area (Å²) in [5, 5.41) is 3.16. The summed E-state index contributed by atoms with van der Waals surface area (Å²) in [6.45, 7) is 12.4. The number of carbonyl (C=O) groups excluding carboxylic acids is 1. The van der Waals surface area contributed by atoms with Crippen molar-refractivity contribution in [1.82, 2.24) is 5.32 Å². The number of nitrogens with one attached hydrogen (secondary N) is 3. The van der Waals surface area contributed by atoms with E-state index in [9.17, 15) is 4.79 Å². The van der Waals surface area contributed by atoms with Gasteiger partial charge in [0.2, 0.25) is 0 Å². The highest BCUT2D eigenvalue weighted by atomic mass is 16.5. The van der Waals surface area contributed by atoms with Crippen LogP contribution in [0.3, 0.4) is 0 Å². The molecule has 6 heteroatoms. The van der Waals surface area contributed by atoms with Crippen molar-refractivity contribution in [1.29, 1.82) is 0 Å². The van der Waals surface area contributed by atoms with Crippen molar-refractivity contribution < 1.29 is 24.1 Å².